The average molecular weight is 688 g/mol. The molecular formula is C31H20Br2N4O5. The van der Waals surface area contributed by atoms with Crippen molar-refractivity contribution < 1.29 is 14.5 Å². The molecule has 0 fully saturated rings. The second-order valence-electron chi connectivity index (χ2n) is 9.09. The highest BCUT2D eigenvalue weighted by molar-refractivity contribution is 9.11. The summed E-state index contributed by atoms with van der Waals surface area (Å²) in [5.74, 6) is -0.146. The van der Waals surface area contributed by atoms with Gasteiger partial charge in [-0.15, -0.1) is 0 Å². The number of carbonyl (C=O) groups excluding carboxylic acids is 1. The molecule has 0 aliphatic heterocycles. The van der Waals surface area contributed by atoms with Crippen LogP contribution >= 0.6 is 31.9 Å². The molecule has 9 nitrogen and oxygen atoms in total. The van der Waals surface area contributed by atoms with Gasteiger partial charge in [-0.3, -0.25) is 14.9 Å². The summed E-state index contributed by atoms with van der Waals surface area (Å²) in [6.45, 7) is 1.95. The first-order valence-electron chi connectivity index (χ1n) is 12.5. The molecule has 5 aromatic rings. The Balaban J connectivity index is 1.52. The van der Waals surface area contributed by atoms with Crippen LogP contribution in [-0.4, -0.2) is 26.8 Å². The Morgan fingerprint density at radius 2 is 1.79 bits per heavy atom. The number of ether oxygens (including phenoxy) is 1. The van der Waals surface area contributed by atoms with E-state index in [2.05, 4.69) is 37.0 Å². The number of para-hydroxylation sites is 1. The fourth-order valence-corrected chi connectivity index (χ4v) is 5.45. The number of aryl methyl sites for hydroxylation is 1. The average Bonchev–Trinajstić information content (AvgIpc) is 2.97. The Kier molecular flexibility index (Phi) is 8.51. The molecule has 208 valence electrons. The van der Waals surface area contributed by atoms with E-state index in [1.807, 2.05) is 37.3 Å². The highest BCUT2D eigenvalue weighted by atomic mass is 79.9. The number of nitro groups is 1. The van der Waals surface area contributed by atoms with Crippen LogP contribution in [0, 0.1) is 17.0 Å². The number of benzene rings is 4. The van der Waals surface area contributed by atoms with Crippen molar-refractivity contribution in [1.29, 1.82) is 0 Å². The Hall–Kier alpha value is -4.74. The topological polar surface area (TPSA) is 117 Å². The maximum absolute atomic E-state index is 13.6. The summed E-state index contributed by atoms with van der Waals surface area (Å²) in [5.41, 5.74) is 2.84. The van der Waals surface area contributed by atoms with Crippen LogP contribution in [0.25, 0.3) is 28.4 Å². The molecule has 0 amide bonds. The fraction of sp³-hybridized carbons (Fsp3) is 0.0323. The van der Waals surface area contributed by atoms with Gasteiger partial charge in [0.2, 0.25) is 0 Å². The Morgan fingerprint density at radius 3 is 2.52 bits per heavy atom. The lowest BCUT2D eigenvalue weighted by Gasteiger charge is -2.11. The van der Waals surface area contributed by atoms with Gasteiger partial charge in [0.05, 0.1) is 26.5 Å². The Labute approximate surface area is 256 Å². The largest absolute Gasteiger partial charge is 0.421 e. The van der Waals surface area contributed by atoms with E-state index in [-0.39, 0.29) is 17.0 Å². The van der Waals surface area contributed by atoms with E-state index in [9.17, 15) is 19.7 Å². The number of hydrogen-bond acceptors (Lipinski definition) is 7. The van der Waals surface area contributed by atoms with E-state index < -0.39 is 10.9 Å². The van der Waals surface area contributed by atoms with Crippen molar-refractivity contribution in [2.24, 2.45) is 5.10 Å². The standard InChI is InChI=1S/C31H20Br2N4O5/c1-19-5-4-6-21(15-19)30-35-27-8-3-2-7-25(27)31(39)36(30)34-18-22-16-23(32)17-26(33)29(22)42-28(38)14-11-20-9-12-24(13-10-20)37(40)41/h2-18H,1H3/b14-11+,34-18?. The normalized spacial score (nSPS) is 11.4. The predicted molar refractivity (Wildman–Crippen MR) is 169 cm³/mol. The van der Waals surface area contributed by atoms with Gasteiger partial charge >= 0.3 is 5.97 Å². The zero-order valence-electron chi connectivity index (χ0n) is 21.9. The minimum absolute atomic E-state index is 0.0521. The number of nitrogens with zero attached hydrogens (tertiary/aromatic N) is 4. The third-order valence-corrected chi connectivity index (χ3v) is 7.14. The summed E-state index contributed by atoms with van der Waals surface area (Å²) in [5, 5.41) is 15.8. The lowest BCUT2D eigenvalue weighted by atomic mass is 10.1. The molecule has 0 aliphatic carbocycles. The smallest absolute Gasteiger partial charge is 0.336 e. The third-order valence-electron chi connectivity index (χ3n) is 6.10. The lowest BCUT2D eigenvalue weighted by Crippen LogP contribution is -2.20. The van der Waals surface area contributed by atoms with Gasteiger partial charge in [0.1, 0.15) is 0 Å². The molecular weight excluding hydrogens is 668 g/mol. The second-order valence-corrected chi connectivity index (χ2v) is 10.9. The van der Waals surface area contributed by atoms with Crippen LogP contribution in [0.2, 0.25) is 0 Å². The van der Waals surface area contributed by atoms with Crippen LogP contribution in [-0.2, 0) is 4.79 Å². The molecule has 1 heterocycles. The van der Waals surface area contributed by atoms with E-state index in [4.69, 9.17) is 9.72 Å². The molecule has 0 atom stereocenters. The summed E-state index contributed by atoms with van der Waals surface area (Å²) in [6, 6.07) is 23.8. The minimum atomic E-state index is -0.684. The molecule has 11 heteroatoms. The number of fused-ring (bicyclic) bond motifs is 1. The highest BCUT2D eigenvalue weighted by Gasteiger charge is 2.15. The van der Waals surface area contributed by atoms with Crippen LogP contribution in [0.3, 0.4) is 0 Å². The lowest BCUT2D eigenvalue weighted by molar-refractivity contribution is -0.384. The molecule has 0 aliphatic rings. The first-order valence-corrected chi connectivity index (χ1v) is 14.0. The van der Waals surface area contributed by atoms with E-state index in [0.717, 1.165) is 5.56 Å². The van der Waals surface area contributed by atoms with E-state index in [1.165, 1.54) is 47.3 Å². The molecule has 0 radical (unpaired) electrons. The third kappa shape index (κ3) is 6.42. The number of non-ortho nitro benzene ring substituents is 1. The number of aromatic nitrogens is 2. The zero-order valence-corrected chi connectivity index (χ0v) is 25.1. The number of hydrogen-bond donors (Lipinski definition) is 0. The van der Waals surface area contributed by atoms with Crippen LogP contribution in [0.15, 0.2) is 110 Å². The number of carbonyl (C=O) groups is 1. The van der Waals surface area contributed by atoms with Gasteiger partial charge in [0, 0.05) is 33.8 Å². The molecule has 1 aromatic heterocycles. The number of nitro benzene ring substituents is 1. The van der Waals surface area contributed by atoms with Crippen molar-refractivity contribution >= 4 is 66.7 Å². The SMILES string of the molecule is Cc1cccc(-c2nc3ccccc3c(=O)n2N=Cc2cc(Br)cc(Br)c2OC(=O)/C=C/c2ccc([N+](=O)[O-])cc2)c1. The molecule has 0 spiro atoms. The summed E-state index contributed by atoms with van der Waals surface area (Å²) in [6.07, 6.45) is 4.13. The maximum Gasteiger partial charge on any atom is 0.336 e. The molecule has 5 rings (SSSR count). The molecule has 0 N–H and O–H groups in total. The molecule has 0 saturated heterocycles. The van der Waals surface area contributed by atoms with E-state index >= 15 is 0 Å². The summed E-state index contributed by atoms with van der Waals surface area (Å²) >= 11 is 6.89. The highest BCUT2D eigenvalue weighted by Crippen LogP contribution is 2.32. The van der Waals surface area contributed by atoms with Crippen LogP contribution in [0.1, 0.15) is 16.7 Å². The second kappa shape index (κ2) is 12.4. The van der Waals surface area contributed by atoms with Crippen molar-refractivity contribution in [2.45, 2.75) is 6.92 Å². The monoisotopic (exact) mass is 686 g/mol. The van der Waals surface area contributed by atoms with E-state index in [0.29, 0.717) is 42.4 Å². The first kappa shape index (κ1) is 28.8. The van der Waals surface area contributed by atoms with Crippen molar-refractivity contribution in [1.82, 2.24) is 9.66 Å². The maximum atomic E-state index is 13.6. The zero-order chi connectivity index (χ0) is 29.8. The molecule has 42 heavy (non-hydrogen) atoms. The van der Waals surface area contributed by atoms with Gasteiger partial charge in [-0.05, 0) is 77.0 Å². The van der Waals surface area contributed by atoms with Crippen molar-refractivity contribution in [3.63, 3.8) is 0 Å². The van der Waals surface area contributed by atoms with Crippen molar-refractivity contribution in [3.05, 3.63) is 137 Å². The fourth-order valence-electron chi connectivity index (χ4n) is 4.11. The number of rotatable bonds is 7. The van der Waals surface area contributed by atoms with Crippen LogP contribution in [0.5, 0.6) is 5.75 Å². The van der Waals surface area contributed by atoms with Crippen molar-refractivity contribution in [2.75, 3.05) is 0 Å². The van der Waals surface area contributed by atoms with Gasteiger partial charge in [0.25, 0.3) is 11.2 Å². The van der Waals surface area contributed by atoms with Crippen LogP contribution in [0.4, 0.5) is 5.69 Å². The van der Waals surface area contributed by atoms with Gasteiger partial charge in [-0.25, -0.2) is 9.78 Å². The number of esters is 1. The molecule has 0 bridgehead atoms. The predicted octanol–water partition coefficient (Wildman–Crippen LogP) is 7.31. The summed E-state index contributed by atoms with van der Waals surface area (Å²) < 4.78 is 8.02. The number of halogens is 2. The molecule has 4 aromatic carbocycles. The minimum Gasteiger partial charge on any atom is -0.421 e. The Morgan fingerprint density at radius 1 is 1.02 bits per heavy atom. The quantitative estimate of drug-likeness (QED) is 0.0443. The van der Waals surface area contributed by atoms with Gasteiger partial charge < -0.3 is 4.74 Å². The van der Waals surface area contributed by atoms with Gasteiger partial charge in [-0.1, -0.05) is 51.8 Å². The molecule has 0 unspecified atom stereocenters. The van der Waals surface area contributed by atoms with Crippen LogP contribution < -0.4 is 10.3 Å². The summed E-state index contributed by atoms with van der Waals surface area (Å²) in [4.78, 5) is 41.4. The summed E-state index contributed by atoms with van der Waals surface area (Å²) in [7, 11) is 0. The van der Waals surface area contributed by atoms with Crippen molar-refractivity contribution in [3.8, 4) is 17.1 Å². The Bertz CT molecular complexity index is 1970. The van der Waals surface area contributed by atoms with E-state index in [1.54, 1.807) is 30.3 Å². The molecule has 0 saturated carbocycles. The van der Waals surface area contributed by atoms with Gasteiger partial charge in [0.15, 0.2) is 11.6 Å². The van der Waals surface area contributed by atoms with Gasteiger partial charge in [-0.2, -0.15) is 9.78 Å². The first-order chi connectivity index (χ1) is 20.2.